The minimum absolute atomic E-state index is 0.0921. The fourth-order valence-electron chi connectivity index (χ4n) is 1.97. The number of rotatable bonds is 9. The third kappa shape index (κ3) is 7.07. The van der Waals surface area contributed by atoms with Crippen LogP contribution in [0.25, 0.3) is 0 Å². The molecule has 0 saturated heterocycles. The third-order valence-electron chi connectivity index (χ3n) is 3.50. The molecule has 0 spiro atoms. The minimum atomic E-state index is 0.0921. The molecule has 21 heavy (non-hydrogen) atoms. The lowest BCUT2D eigenvalue weighted by Crippen LogP contribution is -2.35. The highest BCUT2D eigenvalue weighted by molar-refractivity contribution is 5.05. The van der Waals surface area contributed by atoms with Gasteiger partial charge in [-0.3, -0.25) is 4.90 Å². The SMILES string of the molecule is CN(CCOCC1CC1)Cc1cc(CNC(C)(C)C)no1. The molecule has 1 saturated carbocycles. The Balaban J connectivity index is 1.63. The normalized spacial score (nSPS) is 15.9. The van der Waals surface area contributed by atoms with E-state index in [1.54, 1.807) is 0 Å². The lowest BCUT2D eigenvalue weighted by atomic mass is 10.1. The first kappa shape index (κ1) is 16.5. The standard InChI is InChI=1S/C16H29N3O2/c1-16(2,3)17-10-14-9-15(21-18-14)11-19(4)7-8-20-12-13-5-6-13/h9,13,17H,5-8,10-12H2,1-4H3. The first-order chi connectivity index (χ1) is 9.92. The van der Waals surface area contributed by atoms with E-state index in [4.69, 9.17) is 9.26 Å². The molecule has 1 aromatic rings. The van der Waals surface area contributed by atoms with Crippen molar-refractivity contribution < 1.29 is 9.26 Å². The molecule has 1 fully saturated rings. The van der Waals surface area contributed by atoms with Gasteiger partial charge < -0.3 is 14.6 Å². The average molecular weight is 295 g/mol. The van der Waals surface area contributed by atoms with Gasteiger partial charge in [0.2, 0.25) is 0 Å². The summed E-state index contributed by atoms with van der Waals surface area (Å²) in [4.78, 5) is 2.20. The van der Waals surface area contributed by atoms with Crippen LogP contribution >= 0.6 is 0 Å². The zero-order valence-electron chi connectivity index (χ0n) is 13.8. The van der Waals surface area contributed by atoms with Gasteiger partial charge >= 0.3 is 0 Å². The summed E-state index contributed by atoms with van der Waals surface area (Å²) in [6.07, 6.45) is 2.69. The van der Waals surface area contributed by atoms with Crippen LogP contribution in [0, 0.1) is 5.92 Å². The second-order valence-corrected chi connectivity index (χ2v) is 7.14. The van der Waals surface area contributed by atoms with Crippen molar-refractivity contribution in [3.63, 3.8) is 0 Å². The fourth-order valence-corrected chi connectivity index (χ4v) is 1.97. The van der Waals surface area contributed by atoms with Crippen LogP contribution in [0.15, 0.2) is 10.6 Å². The number of hydrogen-bond acceptors (Lipinski definition) is 5. The van der Waals surface area contributed by atoms with Gasteiger partial charge in [0.15, 0.2) is 5.76 Å². The monoisotopic (exact) mass is 295 g/mol. The zero-order chi connectivity index (χ0) is 15.3. The van der Waals surface area contributed by atoms with Crippen LogP contribution in [-0.2, 0) is 17.8 Å². The Morgan fingerprint density at radius 2 is 2.19 bits per heavy atom. The summed E-state index contributed by atoms with van der Waals surface area (Å²) in [7, 11) is 2.08. The van der Waals surface area contributed by atoms with E-state index < -0.39 is 0 Å². The van der Waals surface area contributed by atoms with E-state index in [0.717, 1.165) is 50.2 Å². The van der Waals surface area contributed by atoms with E-state index in [9.17, 15) is 0 Å². The molecule has 120 valence electrons. The Labute approximate surface area is 128 Å². The molecule has 0 amide bonds. The fraction of sp³-hybridized carbons (Fsp3) is 0.812. The molecule has 0 atom stereocenters. The van der Waals surface area contributed by atoms with Gasteiger partial charge in [0, 0.05) is 31.3 Å². The van der Waals surface area contributed by atoms with Gasteiger partial charge in [-0.25, -0.2) is 0 Å². The maximum atomic E-state index is 5.65. The van der Waals surface area contributed by atoms with Gasteiger partial charge in [-0.2, -0.15) is 0 Å². The predicted octanol–water partition coefficient (Wildman–Crippen LogP) is 2.42. The van der Waals surface area contributed by atoms with Crippen LogP contribution in [0.5, 0.6) is 0 Å². The van der Waals surface area contributed by atoms with Crippen LogP contribution in [-0.4, -0.2) is 42.4 Å². The first-order valence-corrected chi connectivity index (χ1v) is 7.88. The Morgan fingerprint density at radius 1 is 1.43 bits per heavy atom. The largest absolute Gasteiger partial charge is 0.380 e. The third-order valence-corrected chi connectivity index (χ3v) is 3.50. The van der Waals surface area contributed by atoms with Gasteiger partial charge in [0.25, 0.3) is 0 Å². The summed E-state index contributed by atoms with van der Waals surface area (Å²) >= 11 is 0. The van der Waals surface area contributed by atoms with Crippen molar-refractivity contribution in [1.29, 1.82) is 0 Å². The first-order valence-electron chi connectivity index (χ1n) is 7.88. The van der Waals surface area contributed by atoms with Gasteiger partial charge in [-0.15, -0.1) is 0 Å². The van der Waals surface area contributed by atoms with Gasteiger partial charge in [0.05, 0.1) is 18.8 Å². The molecule has 5 heteroatoms. The van der Waals surface area contributed by atoms with Gasteiger partial charge in [-0.05, 0) is 46.6 Å². The molecule has 1 aliphatic carbocycles. The number of hydrogen-bond donors (Lipinski definition) is 1. The van der Waals surface area contributed by atoms with Crippen LogP contribution in [0.3, 0.4) is 0 Å². The van der Waals surface area contributed by atoms with Crippen LogP contribution in [0.2, 0.25) is 0 Å². The molecular formula is C16H29N3O2. The molecule has 0 bridgehead atoms. The summed E-state index contributed by atoms with van der Waals surface area (Å²) in [6, 6.07) is 2.03. The number of nitrogens with zero attached hydrogens (tertiary/aromatic N) is 2. The summed E-state index contributed by atoms with van der Waals surface area (Å²) in [6.45, 7) is 10.6. The van der Waals surface area contributed by atoms with Gasteiger partial charge in [-0.1, -0.05) is 5.16 Å². The summed E-state index contributed by atoms with van der Waals surface area (Å²) < 4.78 is 11.0. The lowest BCUT2D eigenvalue weighted by molar-refractivity contribution is 0.0993. The van der Waals surface area contributed by atoms with E-state index in [1.807, 2.05) is 6.07 Å². The van der Waals surface area contributed by atoms with E-state index >= 15 is 0 Å². The molecule has 2 rings (SSSR count). The highest BCUT2D eigenvalue weighted by atomic mass is 16.5. The number of likely N-dealkylation sites (N-methyl/N-ethyl adjacent to an activating group) is 1. The molecule has 0 aliphatic heterocycles. The number of nitrogens with one attached hydrogen (secondary N) is 1. The van der Waals surface area contributed by atoms with Crippen LogP contribution < -0.4 is 5.32 Å². The summed E-state index contributed by atoms with van der Waals surface area (Å²) in [5.74, 6) is 1.74. The molecule has 1 N–H and O–H groups in total. The van der Waals surface area contributed by atoms with E-state index in [0.29, 0.717) is 0 Å². The quantitative estimate of drug-likeness (QED) is 0.709. The second kappa shape index (κ2) is 7.38. The highest BCUT2D eigenvalue weighted by Gasteiger charge is 2.21. The maximum Gasteiger partial charge on any atom is 0.151 e. The molecule has 5 nitrogen and oxygen atoms in total. The molecule has 1 heterocycles. The predicted molar refractivity (Wildman–Crippen MR) is 83.0 cm³/mol. The Bertz CT molecular complexity index is 421. The minimum Gasteiger partial charge on any atom is -0.380 e. The van der Waals surface area contributed by atoms with E-state index in [2.05, 4.69) is 43.2 Å². The smallest absolute Gasteiger partial charge is 0.151 e. The van der Waals surface area contributed by atoms with Crippen molar-refractivity contribution in [2.75, 3.05) is 26.8 Å². The van der Waals surface area contributed by atoms with Crippen molar-refractivity contribution in [3.8, 4) is 0 Å². The molecule has 0 radical (unpaired) electrons. The second-order valence-electron chi connectivity index (χ2n) is 7.14. The van der Waals surface area contributed by atoms with Crippen LogP contribution in [0.1, 0.15) is 45.1 Å². The Hall–Kier alpha value is -0.910. The summed E-state index contributed by atoms with van der Waals surface area (Å²) in [5.41, 5.74) is 1.05. The molecule has 1 aliphatic rings. The zero-order valence-corrected chi connectivity index (χ0v) is 13.8. The molecule has 1 aromatic heterocycles. The van der Waals surface area contributed by atoms with Crippen molar-refractivity contribution in [1.82, 2.24) is 15.4 Å². The Kier molecular flexibility index (Phi) is 5.79. The van der Waals surface area contributed by atoms with Crippen molar-refractivity contribution in [2.45, 2.75) is 52.2 Å². The lowest BCUT2D eigenvalue weighted by Gasteiger charge is -2.19. The van der Waals surface area contributed by atoms with Crippen LogP contribution in [0.4, 0.5) is 0 Å². The maximum absolute atomic E-state index is 5.65. The Morgan fingerprint density at radius 3 is 2.86 bits per heavy atom. The van der Waals surface area contributed by atoms with E-state index in [-0.39, 0.29) is 5.54 Å². The van der Waals surface area contributed by atoms with Crippen molar-refractivity contribution in [2.24, 2.45) is 5.92 Å². The summed E-state index contributed by atoms with van der Waals surface area (Å²) in [5, 5.41) is 7.51. The highest BCUT2D eigenvalue weighted by Crippen LogP contribution is 2.28. The number of ether oxygens (including phenoxy) is 1. The van der Waals surface area contributed by atoms with Crippen molar-refractivity contribution in [3.05, 3.63) is 17.5 Å². The van der Waals surface area contributed by atoms with Crippen molar-refractivity contribution >= 4 is 0 Å². The molecule has 0 aromatic carbocycles. The topological polar surface area (TPSA) is 50.5 Å². The average Bonchev–Trinajstić information content (AvgIpc) is 3.11. The van der Waals surface area contributed by atoms with Gasteiger partial charge in [0.1, 0.15) is 0 Å². The number of aromatic nitrogens is 1. The van der Waals surface area contributed by atoms with E-state index in [1.165, 1.54) is 12.8 Å². The molecular weight excluding hydrogens is 266 g/mol. The molecule has 0 unspecified atom stereocenters.